The van der Waals surface area contributed by atoms with Crippen LogP contribution in [0.3, 0.4) is 0 Å². The highest BCUT2D eigenvalue weighted by atomic mass is 16.3. The zero-order valence-corrected chi connectivity index (χ0v) is 3.96. The van der Waals surface area contributed by atoms with Gasteiger partial charge in [-0.1, -0.05) is 0 Å². The molecule has 0 radical (unpaired) electrons. The number of aliphatic hydroxyl groups excluding tert-OH is 2. The highest BCUT2D eigenvalue weighted by Crippen LogP contribution is 2.35. The summed E-state index contributed by atoms with van der Waals surface area (Å²) in [4.78, 5) is 0. The molecule has 40 valence electrons. The second-order valence-corrected chi connectivity index (χ2v) is 1.79. The van der Waals surface area contributed by atoms with Gasteiger partial charge >= 0.3 is 0 Å². The number of hydrogen-bond acceptors (Lipinski definition) is 2. The largest absolute Gasteiger partial charge is 0.516 e. The van der Waals surface area contributed by atoms with E-state index in [1.807, 2.05) is 0 Å². The predicted molar refractivity (Wildman–Crippen MR) is 25.9 cm³/mol. The zero-order valence-electron chi connectivity index (χ0n) is 3.96. The minimum Gasteiger partial charge on any atom is -0.516 e. The molecule has 2 nitrogen and oxygen atoms in total. The van der Waals surface area contributed by atoms with E-state index in [0.717, 1.165) is 18.3 Å². The monoisotopic (exact) mass is 100 g/mol. The molecular weight excluding hydrogens is 92.1 g/mol. The van der Waals surface area contributed by atoms with E-state index in [9.17, 15) is 0 Å². The van der Waals surface area contributed by atoms with Crippen LogP contribution in [0.4, 0.5) is 0 Å². The van der Waals surface area contributed by atoms with Crippen LogP contribution in [0.2, 0.25) is 0 Å². The Kier molecular flexibility index (Phi) is 1.02. The maximum absolute atomic E-state index is 8.36. The lowest BCUT2D eigenvalue weighted by molar-refractivity contribution is 0.280. The molecule has 0 aromatic heterocycles. The smallest absolute Gasteiger partial charge is 0.0787 e. The van der Waals surface area contributed by atoms with Gasteiger partial charge in [0, 0.05) is 5.92 Å². The lowest BCUT2D eigenvalue weighted by Gasteiger charge is -1.76. The molecule has 0 heterocycles. The van der Waals surface area contributed by atoms with Gasteiger partial charge in [0.15, 0.2) is 0 Å². The SMILES string of the molecule is O/C=C1\CC1CO. The Labute approximate surface area is 42.1 Å². The first-order chi connectivity index (χ1) is 3.38. The second kappa shape index (κ2) is 1.54. The van der Waals surface area contributed by atoms with Gasteiger partial charge in [0.2, 0.25) is 0 Å². The summed E-state index contributed by atoms with van der Waals surface area (Å²) in [5.41, 5.74) is 0.975. The molecule has 0 aromatic rings. The van der Waals surface area contributed by atoms with Gasteiger partial charge in [-0.2, -0.15) is 0 Å². The van der Waals surface area contributed by atoms with E-state index in [4.69, 9.17) is 10.2 Å². The van der Waals surface area contributed by atoms with E-state index >= 15 is 0 Å². The lowest BCUT2D eigenvalue weighted by Crippen LogP contribution is -1.80. The average Bonchev–Trinajstić information content (AvgIpc) is 2.43. The van der Waals surface area contributed by atoms with Crippen LogP contribution in [-0.2, 0) is 0 Å². The molecule has 0 saturated heterocycles. The molecule has 0 aliphatic heterocycles. The Hall–Kier alpha value is -0.500. The molecule has 0 bridgehead atoms. The molecule has 1 aliphatic rings. The first-order valence-electron chi connectivity index (χ1n) is 2.32. The minimum atomic E-state index is 0.187. The van der Waals surface area contributed by atoms with Crippen LogP contribution in [0.1, 0.15) is 6.42 Å². The van der Waals surface area contributed by atoms with Crippen molar-refractivity contribution in [2.45, 2.75) is 6.42 Å². The standard InChI is InChI=1S/C5H8O2/c6-2-4-1-5(4)3-7/h2,5-7H,1,3H2/b4-2+. The van der Waals surface area contributed by atoms with Crippen molar-refractivity contribution < 1.29 is 10.2 Å². The maximum Gasteiger partial charge on any atom is 0.0787 e. The molecule has 2 N–H and O–H groups in total. The van der Waals surface area contributed by atoms with Crippen molar-refractivity contribution in [1.82, 2.24) is 0 Å². The first-order valence-corrected chi connectivity index (χ1v) is 2.32. The molecule has 0 aromatic carbocycles. The number of hydrogen-bond donors (Lipinski definition) is 2. The summed E-state index contributed by atoms with van der Waals surface area (Å²) in [7, 11) is 0. The van der Waals surface area contributed by atoms with Crippen molar-refractivity contribution in [3.05, 3.63) is 11.8 Å². The van der Waals surface area contributed by atoms with Crippen molar-refractivity contribution in [3.63, 3.8) is 0 Å². The molecule has 7 heavy (non-hydrogen) atoms. The molecule has 2 heteroatoms. The Balaban J connectivity index is 2.31. The third kappa shape index (κ3) is 0.747. The van der Waals surface area contributed by atoms with Crippen LogP contribution in [0.15, 0.2) is 11.8 Å². The third-order valence-corrected chi connectivity index (χ3v) is 1.23. The van der Waals surface area contributed by atoms with Crippen LogP contribution in [0.5, 0.6) is 0 Å². The fourth-order valence-electron chi connectivity index (χ4n) is 0.566. The van der Waals surface area contributed by atoms with Crippen LogP contribution in [0.25, 0.3) is 0 Å². The topological polar surface area (TPSA) is 40.5 Å². The van der Waals surface area contributed by atoms with Gasteiger partial charge in [0.1, 0.15) is 0 Å². The van der Waals surface area contributed by atoms with E-state index in [1.165, 1.54) is 0 Å². The van der Waals surface area contributed by atoms with Gasteiger partial charge in [-0.15, -0.1) is 0 Å². The summed E-state index contributed by atoms with van der Waals surface area (Å²) in [6.45, 7) is 0.187. The molecule has 1 aliphatic carbocycles. The third-order valence-electron chi connectivity index (χ3n) is 1.23. The highest BCUT2D eigenvalue weighted by molar-refractivity contribution is 5.20. The molecule has 0 spiro atoms. The van der Waals surface area contributed by atoms with Crippen molar-refractivity contribution in [3.8, 4) is 0 Å². The number of aliphatic hydroxyl groups is 2. The number of rotatable bonds is 1. The molecular formula is C5H8O2. The van der Waals surface area contributed by atoms with Crippen molar-refractivity contribution >= 4 is 0 Å². The van der Waals surface area contributed by atoms with E-state index in [2.05, 4.69) is 0 Å². The van der Waals surface area contributed by atoms with Gasteiger partial charge in [-0.05, 0) is 12.0 Å². The van der Waals surface area contributed by atoms with E-state index in [0.29, 0.717) is 0 Å². The fraction of sp³-hybridized carbons (Fsp3) is 0.600. The summed E-state index contributed by atoms with van der Waals surface area (Å²) < 4.78 is 0. The average molecular weight is 100 g/mol. The van der Waals surface area contributed by atoms with Gasteiger partial charge < -0.3 is 10.2 Å². The van der Waals surface area contributed by atoms with E-state index in [1.54, 1.807) is 0 Å². The van der Waals surface area contributed by atoms with Gasteiger partial charge in [-0.25, -0.2) is 0 Å². The summed E-state index contributed by atoms with van der Waals surface area (Å²) in [5, 5.41) is 16.6. The van der Waals surface area contributed by atoms with Gasteiger partial charge in [0.25, 0.3) is 0 Å². The molecule has 1 unspecified atom stereocenters. The van der Waals surface area contributed by atoms with E-state index in [-0.39, 0.29) is 12.5 Å². The van der Waals surface area contributed by atoms with Gasteiger partial charge in [0.05, 0.1) is 12.9 Å². The molecule has 1 fully saturated rings. The Morgan fingerprint density at radius 1 is 1.86 bits per heavy atom. The first kappa shape index (κ1) is 4.65. The van der Waals surface area contributed by atoms with Crippen molar-refractivity contribution in [2.75, 3.05) is 6.61 Å². The van der Waals surface area contributed by atoms with Crippen molar-refractivity contribution in [2.24, 2.45) is 5.92 Å². The Bertz CT molecular complexity index is 96.3. The summed E-state index contributed by atoms with van der Waals surface area (Å²) >= 11 is 0. The molecule has 1 atom stereocenters. The molecule has 1 rings (SSSR count). The summed E-state index contributed by atoms with van der Waals surface area (Å²) in [5.74, 6) is 0.282. The maximum atomic E-state index is 8.36. The van der Waals surface area contributed by atoms with Crippen LogP contribution in [-0.4, -0.2) is 16.8 Å². The molecule has 0 amide bonds. The predicted octanol–water partition coefficient (Wildman–Crippen LogP) is 0.440. The van der Waals surface area contributed by atoms with E-state index < -0.39 is 0 Å². The minimum absolute atomic E-state index is 0.187. The molecule has 1 saturated carbocycles. The summed E-state index contributed by atoms with van der Waals surface area (Å²) in [6.07, 6.45) is 1.97. The van der Waals surface area contributed by atoms with Crippen LogP contribution in [0, 0.1) is 5.92 Å². The lowest BCUT2D eigenvalue weighted by atomic mass is 10.4. The second-order valence-electron chi connectivity index (χ2n) is 1.79. The fourth-order valence-corrected chi connectivity index (χ4v) is 0.566. The summed E-state index contributed by atoms with van der Waals surface area (Å²) in [6, 6.07) is 0. The van der Waals surface area contributed by atoms with Crippen LogP contribution < -0.4 is 0 Å². The quantitative estimate of drug-likeness (QED) is 0.469. The highest BCUT2D eigenvalue weighted by Gasteiger charge is 2.28. The van der Waals surface area contributed by atoms with Gasteiger partial charge in [-0.3, -0.25) is 0 Å². The van der Waals surface area contributed by atoms with Crippen LogP contribution >= 0.6 is 0 Å². The normalized spacial score (nSPS) is 33.9. The van der Waals surface area contributed by atoms with Crippen molar-refractivity contribution in [1.29, 1.82) is 0 Å². The zero-order chi connectivity index (χ0) is 5.28. The Morgan fingerprint density at radius 3 is 2.71 bits per heavy atom. The Morgan fingerprint density at radius 2 is 2.57 bits per heavy atom.